The van der Waals surface area contributed by atoms with Gasteiger partial charge < -0.3 is 14.5 Å². The third kappa shape index (κ3) is 5.90. The van der Waals surface area contributed by atoms with Crippen LogP contribution in [0.2, 0.25) is 18.1 Å². The smallest absolute Gasteiger partial charge is 0.250 e. The number of ether oxygens (including phenoxy) is 1. The normalized spacial score (nSPS) is 15.6. The molecule has 4 heteroatoms. The van der Waals surface area contributed by atoms with Crippen LogP contribution >= 0.6 is 0 Å². The van der Waals surface area contributed by atoms with Gasteiger partial charge in [0.1, 0.15) is 5.75 Å². The highest BCUT2D eigenvalue weighted by atomic mass is 28.4. The highest BCUT2D eigenvalue weighted by molar-refractivity contribution is 6.74. The Bertz CT molecular complexity index is 533. The van der Waals surface area contributed by atoms with Crippen molar-refractivity contribution in [2.75, 3.05) is 13.7 Å². The molecule has 1 fully saturated rings. The fourth-order valence-electron chi connectivity index (χ4n) is 2.45. The van der Waals surface area contributed by atoms with E-state index < -0.39 is 8.32 Å². The summed E-state index contributed by atoms with van der Waals surface area (Å²) in [5, 5.41) is 3.83. The van der Waals surface area contributed by atoms with Gasteiger partial charge in [-0.15, -0.1) is 0 Å². The fraction of sp³-hybridized carbons (Fsp3) is 0.700. The quantitative estimate of drug-likeness (QED) is 0.508. The van der Waals surface area contributed by atoms with Gasteiger partial charge in [0.05, 0.1) is 0 Å². The Morgan fingerprint density at radius 2 is 1.79 bits per heavy atom. The maximum Gasteiger partial charge on any atom is 0.250 e. The Balaban J connectivity index is 2.13. The molecule has 0 aliphatic heterocycles. The molecule has 2 rings (SSSR count). The summed E-state index contributed by atoms with van der Waals surface area (Å²) in [6, 6.07) is 7.52. The van der Waals surface area contributed by atoms with Gasteiger partial charge in [0.25, 0.3) is 0 Å². The minimum absolute atomic E-state index is 0.214. The average molecular weight is 350 g/mol. The van der Waals surface area contributed by atoms with Gasteiger partial charge in [-0.05, 0) is 67.1 Å². The molecule has 1 aromatic carbocycles. The molecule has 0 aromatic heterocycles. The first-order valence-corrected chi connectivity index (χ1v) is 12.2. The molecule has 0 radical (unpaired) electrons. The Morgan fingerprint density at radius 3 is 2.38 bits per heavy atom. The van der Waals surface area contributed by atoms with E-state index in [0.717, 1.165) is 37.8 Å². The molecule has 1 N–H and O–H groups in total. The van der Waals surface area contributed by atoms with E-state index in [0.29, 0.717) is 0 Å². The molecular formula is C20H35NO2Si. The van der Waals surface area contributed by atoms with Gasteiger partial charge in [0.15, 0.2) is 0 Å². The highest BCUT2D eigenvalue weighted by Gasteiger charge is 2.39. The average Bonchev–Trinajstić information content (AvgIpc) is 3.28. The zero-order chi connectivity index (χ0) is 17.8. The van der Waals surface area contributed by atoms with E-state index in [4.69, 9.17) is 9.16 Å². The van der Waals surface area contributed by atoms with Gasteiger partial charge in [-0.2, -0.15) is 0 Å². The summed E-state index contributed by atoms with van der Waals surface area (Å²) in [5.41, 5.74) is 2.70. The van der Waals surface area contributed by atoms with E-state index in [1.807, 2.05) is 0 Å². The summed E-state index contributed by atoms with van der Waals surface area (Å²) >= 11 is 0. The molecule has 1 aromatic rings. The van der Waals surface area contributed by atoms with Gasteiger partial charge in [0, 0.05) is 26.3 Å². The standard InChI is InChI=1S/C20H35NO2Si/c1-20(2,3)24(5,6)23-19-13-16(8-7-11-22-4)12-17(14-19)15-21-18-9-10-18/h12-14,18,21H,7-11,15H2,1-6H3. The van der Waals surface area contributed by atoms with E-state index in [1.165, 1.54) is 24.0 Å². The van der Waals surface area contributed by atoms with Crippen LogP contribution in [0.15, 0.2) is 18.2 Å². The molecule has 3 nitrogen and oxygen atoms in total. The van der Waals surface area contributed by atoms with E-state index >= 15 is 0 Å². The van der Waals surface area contributed by atoms with Crippen LogP contribution in [0.25, 0.3) is 0 Å². The Labute approximate surface area is 149 Å². The van der Waals surface area contributed by atoms with Crippen molar-refractivity contribution >= 4 is 8.32 Å². The van der Waals surface area contributed by atoms with Gasteiger partial charge in [-0.1, -0.05) is 26.8 Å². The minimum atomic E-state index is -1.81. The molecular weight excluding hydrogens is 314 g/mol. The summed E-state index contributed by atoms with van der Waals surface area (Å²) in [6.45, 7) is 13.2. The second-order valence-corrected chi connectivity index (χ2v) is 13.3. The van der Waals surface area contributed by atoms with Gasteiger partial charge in [-0.25, -0.2) is 0 Å². The maximum atomic E-state index is 6.56. The number of hydrogen-bond donors (Lipinski definition) is 1. The Hall–Kier alpha value is -0.843. The van der Waals surface area contributed by atoms with Crippen LogP contribution in [-0.4, -0.2) is 28.1 Å². The number of nitrogens with one attached hydrogen (secondary N) is 1. The molecule has 136 valence electrons. The number of rotatable bonds is 9. The first-order chi connectivity index (χ1) is 11.2. The van der Waals surface area contributed by atoms with Crippen molar-refractivity contribution in [1.29, 1.82) is 0 Å². The lowest BCUT2D eigenvalue weighted by molar-refractivity contribution is 0.195. The van der Waals surface area contributed by atoms with Crippen LogP contribution in [0.1, 0.15) is 51.2 Å². The molecule has 0 unspecified atom stereocenters. The molecule has 0 amide bonds. The van der Waals surface area contributed by atoms with Crippen molar-refractivity contribution in [3.05, 3.63) is 29.3 Å². The first-order valence-electron chi connectivity index (χ1n) is 9.25. The molecule has 1 saturated carbocycles. The fourth-order valence-corrected chi connectivity index (χ4v) is 3.47. The molecule has 1 aliphatic carbocycles. The summed E-state index contributed by atoms with van der Waals surface area (Å²) in [4.78, 5) is 0. The van der Waals surface area contributed by atoms with Crippen LogP contribution in [0, 0.1) is 0 Å². The largest absolute Gasteiger partial charge is 0.543 e. The number of aryl methyl sites for hydroxylation is 1. The molecule has 0 bridgehead atoms. The molecule has 0 heterocycles. The van der Waals surface area contributed by atoms with Crippen LogP contribution in [0.4, 0.5) is 0 Å². The lowest BCUT2D eigenvalue weighted by Crippen LogP contribution is -2.43. The lowest BCUT2D eigenvalue weighted by Gasteiger charge is -2.36. The van der Waals surface area contributed by atoms with Crippen LogP contribution in [0.3, 0.4) is 0 Å². The van der Waals surface area contributed by atoms with E-state index in [2.05, 4.69) is 57.4 Å². The minimum Gasteiger partial charge on any atom is -0.543 e. The predicted octanol–water partition coefficient (Wildman–Crippen LogP) is 4.90. The summed E-state index contributed by atoms with van der Waals surface area (Å²) in [7, 11) is -0.0414. The number of benzene rings is 1. The first kappa shape index (κ1) is 19.5. The van der Waals surface area contributed by atoms with Crippen molar-refractivity contribution in [2.45, 2.75) is 77.2 Å². The third-order valence-electron chi connectivity index (χ3n) is 5.19. The molecule has 0 atom stereocenters. The molecule has 1 aliphatic rings. The zero-order valence-electron chi connectivity index (χ0n) is 16.4. The second-order valence-electron chi connectivity index (χ2n) is 8.60. The summed E-state index contributed by atoms with van der Waals surface area (Å²) in [5.74, 6) is 1.05. The number of hydrogen-bond acceptors (Lipinski definition) is 3. The van der Waals surface area contributed by atoms with Crippen LogP contribution < -0.4 is 9.74 Å². The SMILES string of the molecule is COCCCc1cc(CNC2CC2)cc(O[Si](C)(C)C(C)(C)C)c1. The predicted molar refractivity (Wildman–Crippen MR) is 104 cm³/mol. The van der Waals surface area contributed by atoms with Crippen LogP contribution in [0.5, 0.6) is 5.75 Å². The van der Waals surface area contributed by atoms with Gasteiger partial charge in [0.2, 0.25) is 8.32 Å². The van der Waals surface area contributed by atoms with Crippen molar-refractivity contribution in [1.82, 2.24) is 5.32 Å². The molecule has 0 spiro atoms. The van der Waals surface area contributed by atoms with Crippen molar-refractivity contribution in [3.63, 3.8) is 0 Å². The van der Waals surface area contributed by atoms with Gasteiger partial charge >= 0.3 is 0 Å². The van der Waals surface area contributed by atoms with E-state index in [-0.39, 0.29) is 5.04 Å². The molecule has 24 heavy (non-hydrogen) atoms. The van der Waals surface area contributed by atoms with Crippen LogP contribution in [-0.2, 0) is 17.7 Å². The van der Waals surface area contributed by atoms with Gasteiger partial charge in [-0.3, -0.25) is 0 Å². The Morgan fingerprint density at radius 1 is 1.12 bits per heavy atom. The molecule has 0 saturated heterocycles. The topological polar surface area (TPSA) is 30.5 Å². The highest BCUT2D eigenvalue weighted by Crippen LogP contribution is 2.37. The van der Waals surface area contributed by atoms with Crippen molar-refractivity contribution < 1.29 is 9.16 Å². The summed E-state index contributed by atoms with van der Waals surface area (Å²) in [6.07, 6.45) is 4.73. The maximum absolute atomic E-state index is 6.56. The van der Waals surface area contributed by atoms with Crippen molar-refractivity contribution in [2.24, 2.45) is 0 Å². The number of methoxy groups -OCH3 is 1. The van der Waals surface area contributed by atoms with Crippen molar-refractivity contribution in [3.8, 4) is 5.75 Å². The van der Waals surface area contributed by atoms with E-state index in [9.17, 15) is 0 Å². The third-order valence-corrected chi connectivity index (χ3v) is 9.55. The zero-order valence-corrected chi connectivity index (χ0v) is 17.4. The second kappa shape index (κ2) is 8.02. The van der Waals surface area contributed by atoms with E-state index in [1.54, 1.807) is 7.11 Å². The lowest BCUT2D eigenvalue weighted by atomic mass is 10.1. The Kier molecular flexibility index (Phi) is 6.51. The summed E-state index contributed by atoms with van der Waals surface area (Å²) < 4.78 is 11.8. The monoisotopic (exact) mass is 349 g/mol.